The summed E-state index contributed by atoms with van der Waals surface area (Å²) in [6.45, 7) is 0. The molecule has 0 amide bonds. The van der Waals surface area contributed by atoms with Crippen molar-refractivity contribution in [1.29, 1.82) is 0 Å². The van der Waals surface area contributed by atoms with Crippen LogP contribution in [-0.4, -0.2) is 4.98 Å². The number of aromatic amines is 1. The van der Waals surface area contributed by atoms with Crippen LogP contribution in [0.4, 0.5) is 0 Å². The Morgan fingerprint density at radius 2 is 2.06 bits per heavy atom. The highest BCUT2D eigenvalue weighted by molar-refractivity contribution is 6.30. The standard InChI is InChI=1S/C16H14ClN/c17-14-6-3-4-10-8-16-13(9-12(10)14)11-5-1-2-7-15(11)18-16/h1-2,5-10,12,18H,3-4H2. The molecule has 2 aliphatic rings. The summed E-state index contributed by atoms with van der Waals surface area (Å²) in [7, 11) is 0. The molecule has 90 valence electrons. The smallest absolute Gasteiger partial charge is 0.0464 e. The molecular weight excluding hydrogens is 242 g/mol. The lowest BCUT2D eigenvalue weighted by Gasteiger charge is -2.27. The van der Waals surface area contributed by atoms with Crippen molar-refractivity contribution in [1.82, 2.24) is 4.98 Å². The van der Waals surface area contributed by atoms with Gasteiger partial charge in [-0.1, -0.05) is 48.0 Å². The summed E-state index contributed by atoms with van der Waals surface area (Å²) in [5, 5.41) is 4.90. The molecule has 18 heavy (non-hydrogen) atoms. The summed E-state index contributed by atoms with van der Waals surface area (Å²) in [5.41, 5.74) is 1.22. The Hall–Kier alpha value is -1.47. The van der Waals surface area contributed by atoms with Crippen LogP contribution in [0.15, 0.2) is 35.4 Å². The zero-order chi connectivity index (χ0) is 12.1. The van der Waals surface area contributed by atoms with Crippen molar-refractivity contribution < 1.29 is 0 Å². The van der Waals surface area contributed by atoms with Gasteiger partial charge in [0, 0.05) is 32.4 Å². The van der Waals surface area contributed by atoms with Crippen molar-refractivity contribution in [3.8, 4) is 0 Å². The Balaban J connectivity index is 2.06. The van der Waals surface area contributed by atoms with Gasteiger partial charge in [-0.25, -0.2) is 0 Å². The fourth-order valence-corrected chi connectivity index (χ4v) is 3.55. The van der Waals surface area contributed by atoms with Crippen molar-refractivity contribution in [2.45, 2.75) is 12.8 Å². The Labute approximate surface area is 110 Å². The first-order chi connectivity index (χ1) is 8.83. The van der Waals surface area contributed by atoms with Crippen molar-refractivity contribution in [2.24, 2.45) is 11.8 Å². The quantitative estimate of drug-likeness (QED) is 0.745. The number of nitrogens with one attached hydrogen (secondary N) is 1. The van der Waals surface area contributed by atoms with E-state index >= 15 is 0 Å². The summed E-state index contributed by atoms with van der Waals surface area (Å²) >= 11 is 6.37. The molecule has 2 heteroatoms. The lowest BCUT2D eigenvalue weighted by Crippen LogP contribution is -2.33. The normalized spacial score (nSPS) is 25.7. The minimum Gasteiger partial charge on any atom is -0.355 e. The number of H-pyrrole nitrogens is 1. The summed E-state index contributed by atoms with van der Waals surface area (Å²) in [5.74, 6) is 0.940. The lowest BCUT2D eigenvalue weighted by molar-refractivity contribution is 0.527. The highest BCUT2D eigenvalue weighted by atomic mass is 35.5. The van der Waals surface area contributed by atoms with E-state index in [2.05, 4.69) is 47.5 Å². The monoisotopic (exact) mass is 255 g/mol. The minimum atomic E-state index is 0.382. The molecule has 1 aromatic heterocycles. The number of allylic oxidation sites excluding steroid dienone is 2. The molecule has 2 aliphatic carbocycles. The molecule has 2 unspecified atom stereocenters. The molecule has 2 atom stereocenters. The van der Waals surface area contributed by atoms with Gasteiger partial charge in [0.1, 0.15) is 0 Å². The van der Waals surface area contributed by atoms with Gasteiger partial charge in [0.05, 0.1) is 0 Å². The van der Waals surface area contributed by atoms with Gasteiger partial charge in [0.25, 0.3) is 0 Å². The average Bonchev–Trinajstić information content (AvgIpc) is 2.75. The van der Waals surface area contributed by atoms with Gasteiger partial charge in [-0.3, -0.25) is 0 Å². The van der Waals surface area contributed by atoms with Gasteiger partial charge in [0.2, 0.25) is 0 Å². The van der Waals surface area contributed by atoms with Crippen LogP contribution in [0.3, 0.4) is 0 Å². The van der Waals surface area contributed by atoms with Crippen LogP contribution in [0.5, 0.6) is 0 Å². The molecular formula is C16H14ClN. The Morgan fingerprint density at radius 1 is 1.17 bits per heavy atom. The zero-order valence-corrected chi connectivity index (χ0v) is 10.7. The highest BCUT2D eigenvalue weighted by Crippen LogP contribution is 2.36. The van der Waals surface area contributed by atoms with Crippen LogP contribution in [0.2, 0.25) is 0 Å². The first-order valence-corrected chi connectivity index (χ1v) is 6.87. The van der Waals surface area contributed by atoms with E-state index in [1.165, 1.54) is 27.9 Å². The van der Waals surface area contributed by atoms with Crippen molar-refractivity contribution in [2.75, 3.05) is 0 Å². The molecule has 0 spiro atoms. The third-order valence-corrected chi connectivity index (χ3v) is 4.53. The largest absolute Gasteiger partial charge is 0.355 e. The van der Waals surface area contributed by atoms with Gasteiger partial charge in [-0.15, -0.1) is 0 Å². The van der Waals surface area contributed by atoms with Crippen LogP contribution in [-0.2, 0) is 0 Å². The predicted octanol–water partition coefficient (Wildman–Crippen LogP) is 2.89. The molecule has 0 radical (unpaired) electrons. The van der Waals surface area contributed by atoms with E-state index in [9.17, 15) is 0 Å². The van der Waals surface area contributed by atoms with Gasteiger partial charge in [-0.05, 0) is 24.8 Å². The number of rotatable bonds is 0. The molecule has 0 fully saturated rings. The van der Waals surface area contributed by atoms with E-state index in [-0.39, 0.29) is 0 Å². The van der Waals surface area contributed by atoms with Gasteiger partial charge < -0.3 is 4.98 Å². The van der Waals surface area contributed by atoms with Crippen LogP contribution in [0, 0.1) is 11.8 Å². The van der Waals surface area contributed by atoms with E-state index in [0.29, 0.717) is 11.8 Å². The second-order valence-corrected chi connectivity index (χ2v) is 5.62. The summed E-state index contributed by atoms with van der Waals surface area (Å²) < 4.78 is 0. The van der Waals surface area contributed by atoms with Crippen LogP contribution in [0.1, 0.15) is 12.8 Å². The topological polar surface area (TPSA) is 15.8 Å². The highest BCUT2D eigenvalue weighted by Gasteiger charge is 2.26. The molecule has 1 heterocycles. The van der Waals surface area contributed by atoms with Gasteiger partial charge in [0.15, 0.2) is 0 Å². The van der Waals surface area contributed by atoms with E-state index in [4.69, 9.17) is 11.6 Å². The molecule has 0 saturated heterocycles. The summed E-state index contributed by atoms with van der Waals surface area (Å²) in [4.78, 5) is 3.51. The number of para-hydroxylation sites is 1. The van der Waals surface area contributed by atoms with Gasteiger partial charge in [-0.2, -0.15) is 0 Å². The number of hydrogen-bond donors (Lipinski definition) is 1. The molecule has 4 rings (SSSR count). The Morgan fingerprint density at radius 3 is 3.00 bits per heavy atom. The number of fused-ring (bicyclic) bond motifs is 4. The van der Waals surface area contributed by atoms with E-state index in [0.717, 1.165) is 11.5 Å². The minimum absolute atomic E-state index is 0.382. The Bertz CT molecular complexity index is 766. The third kappa shape index (κ3) is 1.40. The average molecular weight is 256 g/mol. The van der Waals surface area contributed by atoms with Crippen molar-refractivity contribution in [3.63, 3.8) is 0 Å². The van der Waals surface area contributed by atoms with Gasteiger partial charge >= 0.3 is 0 Å². The van der Waals surface area contributed by atoms with E-state index < -0.39 is 0 Å². The number of halogens is 1. The van der Waals surface area contributed by atoms with Crippen LogP contribution in [0.25, 0.3) is 23.1 Å². The fraction of sp³-hybridized carbons (Fsp3) is 0.250. The van der Waals surface area contributed by atoms with Crippen molar-refractivity contribution >= 4 is 34.7 Å². The SMILES string of the molecule is ClC1=CCCC2C=c3[nH]c4ccccc4c3=CC12. The first kappa shape index (κ1) is 10.5. The number of hydrogen-bond acceptors (Lipinski definition) is 0. The zero-order valence-electron chi connectivity index (χ0n) is 9.99. The predicted molar refractivity (Wildman–Crippen MR) is 76.6 cm³/mol. The second kappa shape index (κ2) is 3.76. The molecule has 1 aromatic carbocycles. The summed E-state index contributed by atoms with van der Waals surface area (Å²) in [6.07, 6.45) is 9.19. The van der Waals surface area contributed by atoms with Crippen LogP contribution < -0.4 is 10.6 Å². The molecule has 0 aliphatic heterocycles. The van der Waals surface area contributed by atoms with E-state index in [1.807, 2.05) is 0 Å². The fourth-order valence-electron chi connectivity index (χ4n) is 3.21. The lowest BCUT2D eigenvalue weighted by atomic mass is 9.80. The molecule has 0 saturated carbocycles. The maximum Gasteiger partial charge on any atom is 0.0464 e. The molecule has 2 aromatic rings. The van der Waals surface area contributed by atoms with Crippen LogP contribution >= 0.6 is 11.6 Å². The maximum absolute atomic E-state index is 6.37. The number of benzene rings is 1. The molecule has 1 N–H and O–H groups in total. The molecule has 1 nitrogen and oxygen atoms in total. The number of aromatic nitrogens is 1. The first-order valence-electron chi connectivity index (χ1n) is 6.49. The Kier molecular flexibility index (Phi) is 2.18. The molecule has 0 bridgehead atoms. The summed E-state index contributed by atoms with van der Waals surface area (Å²) in [6, 6.07) is 8.48. The van der Waals surface area contributed by atoms with E-state index in [1.54, 1.807) is 0 Å². The third-order valence-electron chi connectivity index (χ3n) is 4.12. The second-order valence-electron chi connectivity index (χ2n) is 5.19. The van der Waals surface area contributed by atoms with Crippen molar-refractivity contribution in [3.05, 3.63) is 45.9 Å². The maximum atomic E-state index is 6.37.